The van der Waals surface area contributed by atoms with Gasteiger partial charge in [-0.15, -0.1) is 43.1 Å². The molecule has 0 saturated heterocycles. The Bertz CT molecular complexity index is 2610. The molecule has 0 spiro atoms. The lowest BCUT2D eigenvalue weighted by atomic mass is 10.1. The van der Waals surface area contributed by atoms with Crippen LogP contribution in [0.2, 0.25) is 0 Å². The first-order valence-corrected chi connectivity index (χ1v) is 21.9. The number of carbonyl (C=O) groups is 2. The summed E-state index contributed by atoms with van der Waals surface area (Å²) in [7, 11) is 0. The summed E-state index contributed by atoms with van der Waals surface area (Å²) < 4.78 is 17.6. The number of nitrogens with zero attached hydrogens (tertiary/aromatic N) is 6. The van der Waals surface area contributed by atoms with Crippen molar-refractivity contribution in [3.8, 4) is 31.8 Å². The van der Waals surface area contributed by atoms with E-state index in [1.54, 1.807) is 34.8 Å². The highest BCUT2D eigenvalue weighted by atomic mass is 32.2. The van der Waals surface area contributed by atoms with Crippen LogP contribution in [0.4, 0.5) is 15.8 Å². The van der Waals surface area contributed by atoms with E-state index in [4.69, 9.17) is 0 Å². The van der Waals surface area contributed by atoms with Gasteiger partial charge >= 0.3 is 0 Å². The zero-order valence-corrected chi connectivity index (χ0v) is 34.3. The highest BCUT2D eigenvalue weighted by Crippen LogP contribution is 2.38. The number of carbonyl (C=O) groups excluding carboxylic acids is 2. The number of benzene rings is 4. The fourth-order valence-electron chi connectivity index (χ4n) is 6.18. The summed E-state index contributed by atoms with van der Waals surface area (Å²) in [5.74, 6) is 1.13. The lowest BCUT2D eigenvalue weighted by Gasteiger charge is -2.18. The van der Waals surface area contributed by atoms with E-state index in [2.05, 4.69) is 60.7 Å². The van der Waals surface area contributed by atoms with Gasteiger partial charge in [0.05, 0.1) is 33.8 Å². The smallest absolute Gasteiger partial charge is 0.234 e. The van der Waals surface area contributed by atoms with Crippen LogP contribution in [0.3, 0.4) is 0 Å². The summed E-state index contributed by atoms with van der Waals surface area (Å²) >= 11 is 5.81. The third-order valence-corrected chi connectivity index (χ3v) is 13.0. The van der Waals surface area contributed by atoms with Crippen LogP contribution in [0.25, 0.3) is 31.8 Å². The number of halogens is 1. The van der Waals surface area contributed by atoms with Gasteiger partial charge < -0.3 is 10.6 Å². The average Bonchev–Trinajstić information content (AvgIpc) is 4.09. The SMILES string of the molecule is C[C@@H](c1ccccc1)n1c(SCC(=O)Nc2ccccc2)nnc1-c1ccc(-c2ccc(NC(=O)CSc3nnc(-c4cccs4)n3Cc3ccc(F)cc3)cc2)s1. The first-order valence-electron chi connectivity index (χ1n) is 18.2. The molecule has 0 saturated carbocycles. The van der Waals surface area contributed by atoms with Crippen molar-refractivity contribution in [2.24, 2.45) is 0 Å². The van der Waals surface area contributed by atoms with Gasteiger partial charge in [-0.05, 0) is 83.6 Å². The van der Waals surface area contributed by atoms with Gasteiger partial charge in [-0.3, -0.25) is 18.7 Å². The minimum atomic E-state index is -0.298. The van der Waals surface area contributed by atoms with E-state index < -0.39 is 0 Å². The van der Waals surface area contributed by atoms with Crippen molar-refractivity contribution >= 4 is 69.4 Å². The quantitative estimate of drug-likeness (QED) is 0.0980. The van der Waals surface area contributed by atoms with Crippen LogP contribution in [0.1, 0.15) is 24.1 Å². The molecular formula is C43H35FN8O2S4. The molecule has 15 heteroatoms. The van der Waals surface area contributed by atoms with E-state index in [-0.39, 0.29) is 35.2 Å². The van der Waals surface area contributed by atoms with E-state index in [9.17, 15) is 14.0 Å². The molecular weight excluding hydrogens is 808 g/mol. The van der Waals surface area contributed by atoms with Crippen LogP contribution < -0.4 is 10.6 Å². The second-order valence-corrected chi connectivity index (χ2v) is 17.0. The van der Waals surface area contributed by atoms with Crippen LogP contribution in [0, 0.1) is 5.82 Å². The summed E-state index contributed by atoms with van der Waals surface area (Å²) in [4.78, 5) is 28.9. The first-order chi connectivity index (χ1) is 28.4. The number of thioether (sulfide) groups is 2. The molecule has 0 aliphatic carbocycles. The van der Waals surface area contributed by atoms with Gasteiger partial charge in [0.15, 0.2) is 22.0 Å². The zero-order valence-electron chi connectivity index (χ0n) is 31.0. The minimum absolute atomic E-state index is 0.0910. The molecule has 2 N–H and O–H groups in total. The Balaban J connectivity index is 0.938. The molecule has 4 aromatic heterocycles. The lowest BCUT2D eigenvalue weighted by molar-refractivity contribution is -0.114. The predicted molar refractivity (Wildman–Crippen MR) is 233 cm³/mol. The predicted octanol–water partition coefficient (Wildman–Crippen LogP) is 10.3. The molecule has 0 radical (unpaired) electrons. The highest BCUT2D eigenvalue weighted by molar-refractivity contribution is 8.00. The van der Waals surface area contributed by atoms with Crippen molar-refractivity contribution in [2.75, 3.05) is 22.1 Å². The largest absolute Gasteiger partial charge is 0.325 e. The Kier molecular flexibility index (Phi) is 12.2. The average molecular weight is 843 g/mol. The maximum atomic E-state index is 13.6. The van der Waals surface area contributed by atoms with E-state index in [0.29, 0.717) is 28.4 Å². The number of thiophene rings is 2. The van der Waals surface area contributed by atoms with Gasteiger partial charge in [0.2, 0.25) is 11.8 Å². The zero-order chi connectivity index (χ0) is 39.8. The second-order valence-electron chi connectivity index (χ2n) is 13.0. The van der Waals surface area contributed by atoms with E-state index in [0.717, 1.165) is 42.8 Å². The fourth-order valence-corrected chi connectivity index (χ4v) is 9.44. The third kappa shape index (κ3) is 9.29. The molecule has 0 aliphatic rings. The Labute approximate surface area is 350 Å². The molecule has 0 aliphatic heterocycles. The van der Waals surface area contributed by atoms with Crippen LogP contribution in [-0.2, 0) is 16.1 Å². The molecule has 8 aromatic rings. The summed E-state index contributed by atoms with van der Waals surface area (Å²) in [5.41, 5.74) is 4.41. The van der Waals surface area contributed by atoms with Crippen molar-refractivity contribution in [2.45, 2.75) is 29.8 Å². The molecule has 8 rings (SSSR count). The number of amides is 2. The minimum Gasteiger partial charge on any atom is -0.325 e. The lowest BCUT2D eigenvalue weighted by Crippen LogP contribution is -2.15. The standard InChI is InChI=1S/C43H35FN8O2S4/c1-28(30-9-4-2-5-10-30)52-41(48-50-43(52)57-27-39(54)45-33-11-6-3-7-12-33)37-23-22-35(58-37)31-16-20-34(21-17-31)46-38(53)26-56-42-49-47-40(36-13-8-24-55-36)51(42)25-29-14-18-32(44)19-15-29/h2-24,28H,25-27H2,1H3,(H,45,54)(H,46,53)/t28-/m0/s1. The fraction of sp³-hybridized carbons (Fsp3) is 0.116. The van der Waals surface area contributed by atoms with Crippen molar-refractivity contribution in [3.05, 3.63) is 156 Å². The third-order valence-electron chi connectivity index (χ3n) is 9.05. The van der Waals surface area contributed by atoms with Crippen LogP contribution in [0.15, 0.2) is 149 Å². The molecule has 10 nitrogen and oxygen atoms in total. The van der Waals surface area contributed by atoms with Crippen molar-refractivity contribution in [1.82, 2.24) is 29.5 Å². The van der Waals surface area contributed by atoms with Crippen LogP contribution in [0.5, 0.6) is 0 Å². The Hall–Kier alpha value is -5.87. The number of hydrogen-bond acceptors (Lipinski definition) is 10. The Morgan fingerprint density at radius 1 is 0.655 bits per heavy atom. The number of aromatic nitrogens is 6. The summed E-state index contributed by atoms with van der Waals surface area (Å²) in [6, 6.07) is 41.6. The number of rotatable bonds is 15. The normalized spacial score (nSPS) is 11.7. The van der Waals surface area contributed by atoms with E-state index in [1.165, 1.54) is 35.7 Å². The van der Waals surface area contributed by atoms with Crippen LogP contribution >= 0.6 is 46.2 Å². The monoisotopic (exact) mass is 842 g/mol. The van der Waals surface area contributed by atoms with Gasteiger partial charge in [0.25, 0.3) is 0 Å². The molecule has 4 aromatic carbocycles. The maximum Gasteiger partial charge on any atom is 0.234 e. The van der Waals surface area contributed by atoms with Crippen molar-refractivity contribution in [3.63, 3.8) is 0 Å². The molecule has 0 unspecified atom stereocenters. The van der Waals surface area contributed by atoms with E-state index in [1.807, 2.05) is 101 Å². The van der Waals surface area contributed by atoms with Crippen molar-refractivity contribution in [1.29, 1.82) is 0 Å². The van der Waals surface area contributed by atoms with Crippen molar-refractivity contribution < 1.29 is 14.0 Å². The number of nitrogens with one attached hydrogen (secondary N) is 2. The highest BCUT2D eigenvalue weighted by Gasteiger charge is 2.23. The summed E-state index contributed by atoms with van der Waals surface area (Å²) in [6.07, 6.45) is 0. The number of para-hydroxylation sites is 1. The molecule has 290 valence electrons. The Morgan fingerprint density at radius 2 is 1.28 bits per heavy atom. The number of anilines is 2. The summed E-state index contributed by atoms with van der Waals surface area (Å²) in [5, 5.41) is 27.2. The van der Waals surface area contributed by atoms with Gasteiger partial charge in [0, 0.05) is 16.3 Å². The topological polar surface area (TPSA) is 120 Å². The van der Waals surface area contributed by atoms with Crippen LogP contribution in [-0.4, -0.2) is 52.8 Å². The first kappa shape index (κ1) is 39.0. The molecule has 2 amide bonds. The van der Waals surface area contributed by atoms with Gasteiger partial charge in [-0.25, -0.2) is 4.39 Å². The number of hydrogen-bond donors (Lipinski definition) is 2. The Morgan fingerprint density at radius 3 is 1.97 bits per heavy atom. The van der Waals surface area contributed by atoms with Gasteiger partial charge in [0.1, 0.15) is 5.82 Å². The van der Waals surface area contributed by atoms with E-state index >= 15 is 0 Å². The molecule has 4 heterocycles. The maximum absolute atomic E-state index is 13.6. The second kappa shape index (κ2) is 18.2. The molecule has 0 bridgehead atoms. The molecule has 58 heavy (non-hydrogen) atoms. The van der Waals surface area contributed by atoms with Gasteiger partial charge in [-0.1, -0.05) is 102 Å². The van der Waals surface area contributed by atoms with Gasteiger partial charge in [-0.2, -0.15) is 0 Å². The molecule has 0 fully saturated rings. The summed E-state index contributed by atoms with van der Waals surface area (Å²) in [6.45, 7) is 2.55. The molecule has 1 atom stereocenters.